The summed E-state index contributed by atoms with van der Waals surface area (Å²) in [5.41, 5.74) is 1.73. The third-order valence-electron chi connectivity index (χ3n) is 7.37. The summed E-state index contributed by atoms with van der Waals surface area (Å²) in [7, 11) is 1.58. The molecule has 1 saturated carbocycles. The summed E-state index contributed by atoms with van der Waals surface area (Å²) >= 11 is 0. The van der Waals surface area contributed by atoms with Gasteiger partial charge in [-0.1, -0.05) is 0 Å². The third-order valence-corrected chi connectivity index (χ3v) is 7.37. The van der Waals surface area contributed by atoms with E-state index >= 15 is 0 Å². The fraction of sp³-hybridized carbons (Fsp3) is 0.577. The van der Waals surface area contributed by atoms with Crippen molar-refractivity contribution >= 4 is 16.7 Å². The predicted octanol–water partition coefficient (Wildman–Crippen LogP) is 5.23. The van der Waals surface area contributed by atoms with Crippen molar-refractivity contribution in [2.45, 2.75) is 83.6 Å². The molecule has 182 valence electrons. The molecule has 2 fully saturated rings. The second kappa shape index (κ2) is 7.90. The van der Waals surface area contributed by atoms with E-state index in [1.165, 1.54) is 4.68 Å². The number of benzene rings is 1. The fourth-order valence-corrected chi connectivity index (χ4v) is 5.66. The molecule has 2 aliphatic rings. The fourth-order valence-electron chi connectivity index (χ4n) is 5.66. The summed E-state index contributed by atoms with van der Waals surface area (Å²) in [5.74, 6) is 0.417. The number of ketones is 1. The number of aromatic nitrogens is 4. The first-order valence-corrected chi connectivity index (χ1v) is 12.0. The topological polar surface area (TPSA) is 71.2 Å². The number of rotatable bonds is 5. The Morgan fingerprint density at radius 2 is 2.00 bits per heavy atom. The highest BCUT2D eigenvalue weighted by Crippen LogP contribution is 2.45. The Kier molecular flexibility index (Phi) is 5.35. The van der Waals surface area contributed by atoms with Gasteiger partial charge in [-0.25, -0.2) is 4.68 Å². The van der Waals surface area contributed by atoms with Gasteiger partial charge in [0.2, 0.25) is 5.95 Å². The highest BCUT2D eigenvalue weighted by molar-refractivity contribution is 5.90. The number of aryl methyl sites for hydroxylation is 1. The number of hydrogen-bond donors (Lipinski definition) is 0. The highest BCUT2D eigenvalue weighted by Gasteiger charge is 2.47. The molecule has 7 nitrogen and oxygen atoms in total. The molecule has 1 aliphatic heterocycles. The predicted molar refractivity (Wildman–Crippen MR) is 127 cm³/mol. The monoisotopic (exact) mass is 468 g/mol. The van der Waals surface area contributed by atoms with Crippen LogP contribution in [0.25, 0.3) is 22.0 Å². The molecular formula is C26H33FN4O3. The van der Waals surface area contributed by atoms with Crippen molar-refractivity contribution in [2.24, 2.45) is 13.0 Å². The Balaban J connectivity index is 1.51. The van der Waals surface area contributed by atoms with Crippen LogP contribution in [0.5, 0.6) is 5.75 Å². The minimum atomic E-state index is -0.436. The second-order valence-corrected chi connectivity index (χ2v) is 11.0. The lowest BCUT2D eigenvalue weighted by Crippen LogP contribution is -2.31. The van der Waals surface area contributed by atoms with Crippen LogP contribution in [0.2, 0.25) is 0 Å². The molecule has 1 aromatic carbocycles. The van der Waals surface area contributed by atoms with Crippen molar-refractivity contribution in [3.05, 3.63) is 30.5 Å². The zero-order chi connectivity index (χ0) is 24.4. The molecule has 34 heavy (non-hydrogen) atoms. The summed E-state index contributed by atoms with van der Waals surface area (Å²) in [6, 6.07) is 3.83. The number of ether oxygens (including phenoxy) is 2. The quantitative estimate of drug-likeness (QED) is 0.513. The van der Waals surface area contributed by atoms with Crippen LogP contribution in [0, 0.1) is 11.9 Å². The van der Waals surface area contributed by atoms with Gasteiger partial charge >= 0.3 is 0 Å². The first kappa shape index (κ1) is 23.0. The van der Waals surface area contributed by atoms with E-state index in [-0.39, 0.29) is 35.0 Å². The van der Waals surface area contributed by atoms with Gasteiger partial charge in [0.05, 0.1) is 40.4 Å². The van der Waals surface area contributed by atoms with E-state index in [2.05, 4.69) is 37.9 Å². The van der Waals surface area contributed by atoms with Crippen molar-refractivity contribution in [3.63, 3.8) is 0 Å². The van der Waals surface area contributed by atoms with E-state index in [1.54, 1.807) is 7.05 Å². The summed E-state index contributed by atoms with van der Waals surface area (Å²) in [6.45, 7) is 10.4. The van der Waals surface area contributed by atoms with E-state index in [9.17, 15) is 9.18 Å². The van der Waals surface area contributed by atoms with E-state index in [0.717, 1.165) is 24.0 Å². The van der Waals surface area contributed by atoms with Gasteiger partial charge in [0.25, 0.3) is 0 Å². The molecule has 2 aromatic heterocycles. The van der Waals surface area contributed by atoms with E-state index in [1.807, 2.05) is 36.1 Å². The SMILES string of the molecule is C[C@@H](Oc1cc(-c2cnn(C3CC(C)(C)OC3(C)C)c2)cc2nn(C)c(F)c12)[C@H]1CCC(=O)C1. The minimum Gasteiger partial charge on any atom is -0.490 e. The maximum atomic E-state index is 14.9. The summed E-state index contributed by atoms with van der Waals surface area (Å²) in [5, 5.41) is 9.39. The lowest BCUT2D eigenvalue weighted by atomic mass is 9.94. The van der Waals surface area contributed by atoms with Gasteiger partial charge < -0.3 is 9.47 Å². The van der Waals surface area contributed by atoms with Gasteiger partial charge in [-0.2, -0.15) is 14.6 Å². The van der Waals surface area contributed by atoms with Crippen LogP contribution in [0.1, 0.15) is 66.3 Å². The number of carbonyl (C=O) groups excluding carboxylic acids is 1. The van der Waals surface area contributed by atoms with Gasteiger partial charge in [0, 0.05) is 44.0 Å². The van der Waals surface area contributed by atoms with Crippen LogP contribution in [0.3, 0.4) is 0 Å². The molecule has 1 unspecified atom stereocenters. The first-order chi connectivity index (χ1) is 15.9. The smallest absolute Gasteiger partial charge is 0.222 e. The first-order valence-electron chi connectivity index (χ1n) is 12.0. The largest absolute Gasteiger partial charge is 0.490 e. The van der Waals surface area contributed by atoms with Gasteiger partial charge in [-0.15, -0.1) is 0 Å². The molecular weight excluding hydrogens is 435 g/mol. The zero-order valence-electron chi connectivity index (χ0n) is 20.8. The lowest BCUT2D eigenvalue weighted by molar-refractivity contribution is -0.117. The van der Waals surface area contributed by atoms with Crippen molar-refractivity contribution < 1.29 is 18.7 Å². The lowest BCUT2D eigenvalue weighted by Gasteiger charge is -2.27. The standard InChI is InChI=1S/C26H33FN4O3/c1-15(16-7-8-19(32)9-16)33-21-11-17(10-20-23(21)24(27)30(6)29-20)18-13-28-31(14-18)22-12-25(2,3)34-26(22,4)5/h10-11,13-16,22H,7-9,12H2,1-6H3/t15-,16+,22?/m1/s1. The summed E-state index contributed by atoms with van der Waals surface area (Å²) in [4.78, 5) is 11.8. The molecule has 0 N–H and O–H groups in total. The molecule has 1 aliphatic carbocycles. The Bertz CT molecular complexity index is 1260. The Morgan fingerprint density at radius 3 is 2.65 bits per heavy atom. The molecule has 3 aromatic rings. The maximum absolute atomic E-state index is 14.9. The van der Waals surface area contributed by atoms with Gasteiger partial charge in [0.15, 0.2) is 0 Å². The van der Waals surface area contributed by atoms with Crippen molar-refractivity contribution in [3.8, 4) is 16.9 Å². The Morgan fingerprint density at radius 1 is 1.24 bits per heavy atom. The molecule has 0 amide bonds. The second-order valence-electron chi connectivity index (χ2n) is 11.0. The molecule has 3 heterocycles. The maximum Gasteiger partial charge on any atom is 0.222 e. The molecule has 0 bridgehead atoms. The number of Topliss-reactive ketones (excluding diaryl/α,β-unsaturated/α-hetero) is 1. The summed E-state index contributed by atoms with van der Waals surface area (Å²) in [6.07, 6.45) is 6.41. The number of hydrogen-bond acceptors (Lipinski definition) is 5. The van der Waals surface area contributed by atoms with E-state index < -0.39 is 5.95 Å². The van der Waals surface area contributed by atoms with Gasteiger partial charge in [-0.05, 0) is 58.7 Å². The van der Waals surface area contributed by atoms with Gasteiger partial charge in [0.1, 0.15) is 11.5 Å². The van der Waals surface area contributed by atoms with E-state index in [4.69, 9.17) is 9.47 Å². The molecule has 1 saturated heterocycles. The van der Waals surface area contributed by atoms with Crippen molar-refractivity contribution in [2.75, 3.05) is 0 Å². The Labute approximate surface area is 199 Å². The van der Waals surface area contributed by atoms with Crippen molar-refractivity contribution in [1.29, 1.82) is 0 Å². The third kappa shape index (κ3) is 4.02. The van der Waals surface area contributed by atoms with Crippen LogP contribution in [-0.2, 0) is 16.6 Å². The number of halogens is 1. The van der Waals surface area contributed by atoms with Crippen LogP contribution in [-0.4, -0.2) is 42.7 Å². The molecule has 3 atom stereocenters. The average Bonchev–Trinajstić information content (AvgIpc) is 3.48. The molecule has 8 heteroatoms. The van der Waals surface area contributed by atoms with Crippen LogP contribution < -0.4 is 4.74 Å². The van der Waals surface area contributed by atoms with Crippen molar-refractivity contribution in [1.82, 2.24) is 19.6 Å². The highest BCUT2D eigenvalue weighted by atomic mass is 19.1. The van der Waals surface area contributed by atoms with E-state index in [0.29, 0.717) is 29.5 Å². The van der Waals surface area contributed by atoms with Crippen LogP contribution in [0.4, 0.5) is 4.39 Å². The normalized spacial score (nSPS) is 24.7. The number of fused-ring (bicyclic) bond motifs is 1. The minimum absolute atomic E-state index is 0.0999. The zero-order valence-corrected chi connectivity index (χ0v) is 20.8. The Hall–Kier alpha value is -2.74. The van der Waals surface area contributed by atoms with Crippen LogP contribution >= 0.6 is 0 Å². The van der Waals surface area contributed by atoms with Crippen LogP contribution in [0.15, 0.2) is 24.5 Å². The molecule has 0 spiro atoms. The number of carbonyl (C=O) groups is 1. The molecule has 0 radical (unpaired) electrons. The van der Waals surface area contributed by atoms with Gasteiger partial charge in [-0.3, -0.25) is 9.48 Å². The molecule has 5 rings (SSSR count). The summed E-state index contributed by atoms with van der Waals surface area (Å²) < 4.78 is 30.7. The average molecular weight is 469 g/mol. The number of nitrogens with zero attached hydrogens (tertiary/aromatic N) is 4.